The number of anilines is 2. The number of H-pyrrole nitrogens is 1. The van der Waals surface area contributed by atoms with E-state index in [0.29, 0.717) is 41.3 Å². The summed E-state index contributed by atoms with van der Waals surface area (Å²) in [7, 11) is -3.03. The van der Waals surface area contributed by atoms with Gasteiger partial charge in [0.25, 0.3) is 0 Å². The summed E-state index contributed by atoms with van der Waals surface area (Å²) in [5.74, 6) is -0.0241. The smallest absolute Gasteiger partial charge is 0.202 e. The first kappa shape index (κ1) is 20.8. The maximum atomic E-state index is 13.3. The van der Waals surface area contributed by atoms with Crippen molar-refractivity contribution in [1.82, 2.24) is 15.0 Å². The molecule has 0 amide bonds. The lowest BCUT2D eigenvalue weighted by Gasteiger charge is -2.09. The number of rotatable bonds is 7. The molecule has 154 valence electrons. The summed E-state index contributed by atoms with van der Waals surface area (Å²) < 4.78 is 35.7. The summed E-state index contributed by atoms with van der Waals surface area (Å²) in [4.78, 5) is 11.5. The van der Waals surface area contributed by atoms with Gasteiger partial charge in [-0.15, -0.1) is 0 Å². The third kappa shape index (κ3) is 5.33. The predicted octanol–water partition coefficient (Wildman–Crippen LogP) is 2.84. The fourth-order valence-corrected chi connectivity index (χ4v) is 3.44. The van der Waals surface area contributed by atoms with Crippen molar-refractivity contribution in [3.63, 3.8) is 0 Å². The monoisotopic (exact) mass is 440 g/mol. The van der Waals surface area contributed by atoms with Crippen LogP contribution in [0.2, 0.25) is 5.02 Å². The minimum atomic E-state index is -3.03. The van der Waals surface area contributed by atoms with E-state index in [1.807, 2.05) is 0 Å². The molecular formula is C17H18ClFN6O3S. The number of halogens is 2. The molecule has 0 atom stereocenters. The minimum Gasteiger partial charge on any atom is -0.409 e. The number of sulfone groups is 1. The topological polar surface area (TPSA) is 132 Å². The number of nitrogens with zero attached hydrogens (tertiary/aromatic N) is 3. The van der Waals surface area contributed by atoms with Gasteiger partial charge in [0.1, 0.15) is 15.7 Å². The Bertz CT molecular complexity index is 1170. The third-order valence-corrected chi connectivity index (χ3v) is 5.23. The number of amidine groups is 1. The Balaban J connectivity index is 1.80. The normalized spacial score (nSPS) is 12.3. The Morgan fingerprint density at radius 1 is 1.38 bits per heavy atom. The van der Waals surface area contributed by atoms with E-state index in [9.17, 15) is 18.0 Å². The molecule has 0 saturated heterocycles. The van der Waals surface area contributed by atoms with Gasteiger partial charge in [-0.25, -0.2) is 17.8 Å². The van der Waals surface area contributed by atoms with E-state index in [0.717, 1.165) is 0 Å². The molecule has 0 aliphatic rings. The number of nitrogens with one attached hydrogen (secondary N) is 3. The van der Waals surface area contributed by atoms with E-state index in [1.54, 1.807) is 6.07 Å². The molecule has 12 heteroatoms. The lowest BCUT2D eigenvalue weighted by molar-refractivity contribution is 0.319. The highest BCUT2D eigenvalue weighted by molar-refractivity contribution is 7.90. The van der Waals surface area contributed by atoms with Crippen molar-refractivity contribution in [1.29, 1.82) is 0 Å². The first-order valence-corrected chi connectivity index (χ1v) is 10.9. The maximum Gasteiger partial charge on any atom is 0.202 e. The second-order valence-electron chi connectivity index (χ2n) is 6.26. The van der Waals surface area contributed by atoms with Gasteiger partial charge in [-0.05, 0) is 30.7 Å². The molecule has 0 aliphatic carbocycles. The van der Waals surface area contributed by atoms with Crippen LogP contribution >= 0.6 is 11.6 Å². The zero-order valence-corrected chi connectivity index (χ0v) is 16.9. The van der Waals surface area contributed by atoms with Gasteiger partial charge in [-0.3, -0.25) is 0 Å². The average molecular weight is 441 g/mol. The first-order valence-electron chi connectivity index (χ1n) is 8.47. The van der Waals surface area contributed by atoms with Crippen molar-refractivity contribution in [2.24, 2.45) is 5.16 Å². The van der Waals surface area contributed by atoms with Crippen LogP contribution < -0.4 is 10.6 Å². The zero-order chi connectivity index (χ0) is 21.0. The van der Waals surface area contributed by atoms with Crippen LogP contribution in [0.5, 0.6) is 0 Å². The van der Waals surface area contributed by atoms with Crippen LogP contribution in [0.1, 0.15) is 12.0 Å². The van der Waals surface area contributed by atoms with Crippen molar-refractivity contribution in [3.05, 3.63) is 46.9 Å². The van der Waals surface area contributed by atoms with Gasteiger partial charge >= 0.3 is 0 Å². The fraction of sp³-hybridized carbons (Fsp3) is 0.235. The molecule has 0 bridgehead atoms. The van der Waals surface area contributed by atoms with E-state index in [-0.39, 0.29) is 16.6 Å². The van der Waals surface area contributed by atoms with Gasteiger partial charge in [0.05, 0.1) is 16.3 Å². The number of benzene rings is 1. The molecule has 0 fully saturated rings. The standard InChI is InChI=1S/C17H18ClFN6O3S/c1-29(27,28)8-2-6-21-17-23-14-11(5-7-20-16(14)24-17)15(25-26)22-10-3-4-13(19)12(18)9-10/h3-5,7,9,26H,2,6,8H2,1H3,(H,22,25)(H2,20,21,23,24). The Morgan fingerprint density at radius 3 is 2.86 bits per heavy atom. The molecular weight excluding hydrogens is 423 g/mol. The van der Waals surface area contributed by atoms with Crippen molar-refractivity contribution >= 4 is 50.1 Å². The molecule has 1 aromatic carbocycles. The number of fused-ring (bicyclic) bond motifs is 1. The summed E-state index contributed by atoms with van der Waals surface area (Å²) >= 11 is 5.78. The average Bonchev–Trinajstić information content (AvgIpc) is 3.08. The first-order chi connectivity index (χ1) is 13.8. The van der Waals surface area contributed by atoms with Crippen molar-refractivity contribution < 1.29 is 18.0 Å². The Morgan fingerprint density at radius 2 is 2.17 bits per heavy atom. The summed E-state index contributed by atoms with van der Waals surface area (Å²) in [6.45, 7) is 0.398. The van der Waals surface area contributed by atoms with Crippen LogP contribution in [0.15, 0.2) is 35.6 Å². The molecule has 0 radical (unpaired) electrons. The summed E-state index contributed by atoms with van der Waals surface area (Å²) in [5, 5.41) is 18.5. The van der Waals surface area contributed by atoms with Crippen LogP contribution in [0.3, 0.4) is 0 Å². The van der Waals surface area contributed by atoms with Gasteiger partial charge in [-0.1, -0.05) is 16.8 Å². The number of hydrogen-bond acceptors (Lipinski definition) is 7. The molecule has 0 saturated carbocycles. The Kier molecular flexibility index (Phi) is 6.18. The highest BCUT2D eigenvalue weighted by Crippen LogP contribution is 2.22. The number of hydrogen-bond donors (Lipinski definition) is 4. The number of imidazole rings is 1. The quantitative estimate of drug-likeness (QED) is 0.146. The second kappa shape index (κ2) is 8.62. The maximum absolute atomic E-state index is 13.3. The summed E-state index contributed by atoms with van der Waals surface area (Å²) in [6.07, 6.45) is 3.10. The molecule has 4 N–H and O–H groups in total. The molecule has 0 aliphatic heterocycles. The van der Waals surface area contributed by atoms with Gasteiger partial charge in [-0.2, -0.15) is 4.98 Å². The molecule has 2 heterocycles. The van der Waals surface area contributed by atoms with E-state index < -0.39 is 15.7 Å². The van der Waals surface area contributed by atoms with E-state index in [4.69, 9.17) is 11.6 Å². The van der Waals surface area contributed by atoms with Crippen molar-refractivity contribution in [3.8, 4) is 0 Å². The molecule has 9 nitrogen and oxygen atoms in total. The summed E-state index contributed by atoms with van der Waals surface area (Å²) in [6, 6.07) is 5.62. The van der Waals surface area contributed by atoms with Crippen molar-refractivity contribution in [2.75, 3.05) is 29.2 Å². The Hall–Kier alpha value is -2.92. The van der Waals surface area contributed by atoms with Crippen LogP contribution in [0.25, 0.3) is 11.2 Å². The van der Waals surface area contributed by atoms with Crippen molar-refractivity contribution in [2.45, 2.75) is 6.42 Å². The lowest BCUT2D eigenvalue weighted by atomic mass is 10.2. The minimum absolute atomic E-state index is 0.0647. The predicted molar refractivity (Wildman–Crippen MR) is 110 cm³/mol. The molecule has 0 spiro atoms. The molecule has 29 heavy (non-hydrogen) atoms. The molecule has 3 aromatic rings. The SMILES string of the molecule is CS(=O)(=O)CCCNc1nc2nccc(/C(=N\O)Nc3ccc(F)c(Cl)c3)c2[nH]1. The van der Waals surface area contributed by atoms with Gasteiger partial charge in [0, 0.05) is 30.2 Å². The number of aromatic nitrogens is 3. The van der Waals surface area contributed by atoms with Crippen LogP contribution in [-0.4, -0.2) is 53.0 Å². The van der Waals surface area contributed by atoms with Gasteiger partial charge in [0.2, 0.25) is 5.95 Å². The second-order valence-corrected chi connectivity index (χ2v) is 8.92. The van der Waals surface area contributed by atoms with Crippen LogP contribution in [-0.2, 0) is 9.84 Å². The number of aromatic amines is 1. The third-order valence-electron chi connectivity index (χ3n) is 3.91. The van der Waals surface area contributed by atoms with Crippen LogP contribution in [0.4, 0.5) is 16.0 Å². The zero-order valence-electron chi connectivity index (χ0n) is 15.3. The summed E-state index contributed by atoms with van der Waals surface area (Å²) in [5.41, 5.74) is 1.75. The van der Waals surface area contributed by atoms with E-state index in [1.165, 1.54) is 30.7 Å². The highest BCUT2D eigenvalue weighted by Gasteiger charge is 2.14. The van der Waals surface area contributed by atoms with Gasteiger partial charge in [0.15, 0.2) is 11.5 Å². The lowest BCUT2D eigenvalue weighted by Crippen LogP contribution is -2.14. The largest absolute Gasteiger partial charge is 0.409 e. The van der Waals surface area contributed by atoms with E-state index in [2.05, 4.69) is 30.7 Å². The fourth-order valence-electron chi connectivity index (χ4n) is 2.59. The molecule has 0 unspecified atom stereocenters. The van der Waals surface area contributed by atoms with E-state index >= 15 is 0 Å². The number of pyridine rings is 1. The molecule has 3 rings (SSSR count). The van der Waals surface area contributed by atoms with Gasteiger partial charge < -0.3 is 20.8 Å². The van der Waals surface area contributed by atoms with Crippen LogP contribution in [0, 0.1) is 5.82 Å². The molecule has 2 aromatic heterocycles. The highest BCUT2D eigenvalue weighted by atomic mass is 35.5. The Labute approximate surface area is 170 Å². The number of oxime groups is 1.